The molecule has 0 unspecified atom stereocenters. The van der Waals surface area contributed by atoms with E-state index in [1.807, 2.05) is 13.0 Å². The molecule has 0 saturated heterocycles. The first-order chi connectivity index (χ1) is 14.5. The maximum Gasteiger partial charge on any atom is 0.416 e. The topological polar surface area (TPSA) is 69.0 Å². The summed E-state index contributed by atoms with van der Waals surface area (Å²) >= 11 is 0. The summed E-state index contributed by atoms with van der Waals surface area (Å²) in [7, 11) is 0. The van der Waals surface area contributed by atoms with Crippen LogP contribution in [0.1, 0.15) is 59.9 Å². The molecule has 3 rings (SSSR count). The summed E-state index contributed by atoms with van der Waals surface area (Å²) in [6.07, 6.45) is -1.58. The molecule has 31 heavy (non-hydrogen) atoms. The number of hydrogen-bond acceptors (Lipinski definition) is 2. The molecule has 8 heteroatoms. The number of pyridine rings is 1. The number of benzene rings is 1. The molecule has 1 amide bonds. The van der Waals surface area contributed by atoms with Crippen molar-refractivity contribution in [3.8, 4) is 0 Å². The van der Waals surface area contributed by atoms with Crippen molar-refractivity contribution in [3.05, 3.63) is 68.8 Å². The molecule has 0 radical (unpaired) electrons. The summed E-state index contributed by atoms with van der Waals surface area (Å²) in [5.41, 5.74) is 1.06. The summed E-state index contributed by atoms with van der Waals surface area (Å²) in [5, 5.41) is 0.412. The van der Waals surface area contributed by atoms with Crippen molar-refractivity contribution in [2.75, 3.05) is 0 Å². The lowest BCUT2D eigenvalue weighted by Crippen LogP contribution is -2.38. The average molecular weight is 433 g/mol. The number of aryl methyl sites for hydroxylation is 2. The Kier molecular flexibility index (Phi) is 6.29. The molecule has 0 saturated carbocycles. The normalized spacial score (nSPS) is 12.0. The lowest BCUT2D eigenvalue weighted by Gasteiger charge is -2.28. The Morgan fingerprint density at radius 1 is 1.19 bits per heavy atom. The molecule has 0 aliphatic rings. The molecule has 0 aliphatic heterocycles. The Labute approximate surface area is 178 Å². The number of carbonyl (C=O) groups excluding carboxylic acids is 1. The van der Waals surface area contributed by atoms with Gasteiger partial charge in [0.1, 0.15) is 0 Å². The van der Waals surface area contributed by atoms with E-state index in [1.54, 1.807) is 26.8 Å². The van der Waals surface area contributed by atoms with Crippen LogP contribution in [0.4, 0.5) is 13.2 Å². The zero-order chi connectivity index (χ0) is 22.9. The summed E-state index contributed by atoms with van der Waals surface area (Å²) in [4.78, 5) is 33.1. The van der Waals surface area contributed by atoms with Crippen molar-refractivity contribution in [2.45, 2.75) is 59.3 Å². The summed E-state index contributed by atoms with van der Waals surface area (Å²) < 4.78 is 40.2. The first-order valence-corrected chi connectivity index (χ1v) is 10.2. The number of H-pyrrole nitrogens is 2. The third-order valence-corrected chi connectivity index (χ3v) is 5.32. The zero-order valence-electron chi connectivity index (χ0n) is 18.0. The molecular formula is C23H26F3N3O2. The molecule has 0 fully saturated rings. The number of fused-ring (bicyclic) bond motifs is 1. The zero-order valence-corrected chi connectivity index (χ0v) is 18.0. The van der Waals surface area contributed by atoms with Gasteiger partial charge >= 0.3 is 6.18 Å². The van der Waals surface area contributed by atoms with E-state index in [-0.39, 0.29) is 29.2 Å². The van der Waals surface area contributed by atoms with E-state index in [2.05, 4.69) is 9.97 Å². The fourth-order valence-electron chi connectivity index (χ4n) is 3.77. The highest BCUT2D eigenvalue weighted by Crippen LogP contribution is 2.33. The van der Waals surface area contributed by atoms with E-state index < -0.39 is 17.6 Å². The van der Waals surface area contributed by atoms with Crippen LogP contribution in [0.5, 0.6) is 0 Å². The Bertz CT molecular complexity index is 1160. The van der Waals surface area contributed by atoms with E-state index in [4.69, 9.17) is 0 Å². The van der Waals surface area contributed by atoms with E-state index in [0.717, 1.165) is 29.8 Å². The van der Waals surface area contributed by atoms with Crippen molar-refractivity contribution in [1.82, 2.24) is 14.9 Å². The van der Waals surface area contributed by atoms with Crippen molar-refractivity contribution < 1.29 is 18.0 Å². The third-order valence-electron chi connectivity index (χ3n) is 5.32. The van der Waals surface area contributed by atoms with E-state index in [1.165, 1.54) is 11.1 Å². The lowest BCUT2D eigenvalue weighted by molar-refractivity contribution is -0.137. The van der Waals surface area contributed by atoms with Gasteiger partial charge in [-0.25, -0.2) is 0 Å². The van der Waals surface area contributed by atoms with Gasteiger partial charge in [0.15, 0.2) is 0 Å². The van der Waals surface area contributed by atoms with Gasteiger partial charge in [-0.05, 0) is 57.0 Å². The molecule has 2 heterocycles. The van der Waals surface area contributed by atoms with Gasteiger partial charge in [0, 0.05) is 40.0 Å². The van der Waals surface area contributed by atoms with Gasteiger partial charge in [0.2, 0.25) is 0 Å². The smallest absolute Gasteiger partial charge is 0.361 e. The van der Waals surface area contributed by atoms with Crippen molar-refractivity contribution in [3.63, 3.8) is 0 Å². The largest absolute Gasteiger partial charge is 0.416 e. The maximum absolute atomic E-state index is 13.5. The minimum Gasteiger partial charge on any atom is -0.361 e. The summed E-state index contributed by atoms with van der Waals surface area (Å²) in [5.74, 6) is -0.548. The number of rotatable bonds is 6. The summed E-state index contributed by atoms with van der Waals surface area (Å²) in [6, 6.07) is 5.03. The van der Waals surface area contributed by atoms with Crippen LogP contribution in [0.25, 0.3) is 10.9 Å². The Morgan fingerprint density at radius 3 is 2.52 bits per heavy atom. The standard InChI is InChI=1S/C23H26F3N3O2/c1-5-6-15-9-14(4)28-21(30)19(15)12-29(13(2)3)22(31)18-10-16(23(24,25)26)11-20-17(18)7-8-27-20/h7-11,13,27H,5-6,12H2,1-4H3,(H,28,30). The fourth-order valence-corrected chi connectivity index (χ4v) is 3.77. The molecule has 3 aromatic rings. The fraction of sp³-hybridized carbons (Fsp3) is 0.391. The third kappa shape index (κ3) is 4.68. The second-order valence-corrected chi connectivity index (χ2v) is 8.02. The number of aromatic amines is 2. The van der Waals surface area contributed by atoms with Crippen LogP contribution in [0.2, 0.25) is 0 Å². The van der Waals surface area contributed by atoms with Gasteiger partial charge in [0.05, 0.1) is 12.1 Å². The quantitative estimate of drug-likeness (QED) is 0.562. The number of amides is 1. The molecule has 0 atom stereocenters. The molecule has 2 aromatic heterocycles. The number of hydrogen-bond donors (Lipinski definition) is 2. The molecular weight excluding hydrogens is 407 g/mol. The molecule has 5 nitrogen and oxygen atoms in total. The first kappa shape index (κ1) is 22.7. The molecule has 1 aromatic carbocycles. The Hall–Kier alpha value is -3.03. The second kappa shape index (κ2) is 8.61. The van der Waals surface area contributed by atoms with Gasteiger partial charge < -0.3 is 14.9 Å². The van der Waals surface area contributed by atoms with E-state index in [9.17, 15) is 22.8 Å². The van der Waals surface area contributed by atoms with Crippen LogP contribution in [0, 0.1) is 6.92 Å². The minimum atomic E-state index is -4.58. The monoisotopic (exact) mass is 433 g/mol. The van der Waals surface area contributed by atoms with Crippen LogP contribution in [0.15, 0.2) is 35.3 Å². The highest BCUT2D eigenvalue weighted by atomic mass is 19.4. The lowest BCUT2D eigenvalue weighted by atomic mass is 10.0. The molecule has 0 bridgehead atoms. The second-order valence-electron chi connectivity index (χ2n) is 8.02. The van der Waals surface area contributed by atoms with Crippen molar-refractivity contribution in [1.29, 1.82) is 0 Å². The number of nitrogens with zero attached hydrogens (tertiary/aromatic N) is 1. The van der Waals surface area contributed by atoms with Gasteiger partial charge in [-0.2, -0.15) is 13.2 Å². The number of nitrogens with one attached hydrogen (secondary N) is 2. The van der Waals surface area contributed by atoms with Gasteiger partial charge in [0.25, 0.3) is 11.5 Å². The minimum absolute atomic E-state index is 0.0175. The van der Waals surface area contributed by atoms with Gasteiger partial charge in [-0.15, -0.1) is 0 Å². The van der Waals surface area contributed by atoms with Crippen LogP contribution < -0.4 is 5.56 Å². The maximum atomic E-state index is 13.5. The van der Waals surface area contributed by atoms with Gasteiger partial charge in [-0.1, -0.05) is 13.3 Å². The van der Waals surface area contributed by atoms with Crippen molar-refractivity contribution >= 4 is 16.8 Å². The molecule has 166 valence electrons. The Balaban J connectivity index is 2.10. The van der Waals surface area contributed by atoms with Crippen molar-refractivity contribution in [2.24, 2.45) is 0 Å². The molecule has 2 N–H and O–H groups in total. The number of halogens is 3. The highest BCUT2D eigenvalue weighted by Gasteiger charge is 2.33. The predicted octanol–water partition coefficient (Wildman–Crippen LogP) is 5.19. The molecule has 0 spiro atoms. The first-order valence-electron chi connectivity index (χ1n) is 10.2. The van der Waals surface area contributed by atoms with Gasteiger partial charge in [-0.3, -0.25) is 9.59 Å². The summed E-state index contributed by atoms with van der Waals surface area (Å²) in [6.45, 7) is 7.37. The number of aromatic nitrogens is 2. The van der Waals surface area contributed by atoms with Crippen LogP contribution in [0.3, 0.4) is 0 Å². The predicted molar refractivity (Wildman–Crippen MR) is 114 cm³/mol. The van der Waals surface area contributed by atoms with Crippen LogP contribution in [-0.2, 0) is 19.1 Å². The number of carbonyl (C=O) groups is 1. The molecule has 0 aliphatic carbocycles. The van der Waals surface area contributed by atoms with E-state index in [0.29, 0.717) is 17.4 Å². The van der Waals surface area contributed by atoms with Crippen LogP contribution in [-0.4, -0.2) is 26.8 Å². The SMILES string of the molecule is CCCc1cc(C)[nH]c(=O)c1CN(C(=O)c1cc(C(F)(F)F)cc2[nH]ccc12)C(C)C. The van der Waals surface area contributed by atoms with E-state index >= 15 is 0 Å². The Morgan fingerprint density at radius 2 is 1.90 bits per heavy atom. The average Bonchev–Trinajstić information content (AvgIpc) is 3.14. The van der Waals surface area contributed by atoms with Crippen LogP contribution >= 0.6 is 0 Å². The highest BCUT2D eigenvalue weighted by molar-refractivity contribution is 6.06. The number of alkyl halides is 3.